The van der Waals surface area contributed by atoms with E-state index in [1.165, 1.54) is 24.0 Å². The summed E-state index contributed by atoms with van der Waals surface area (Å²) in [7, 11) is 0. The van der Waals surface area contributed by atoms with Gasteiger partial charge in [0, 0.05) is 0 Å². The summed E-state index contributed by atoms with van der Waals surface area (Å²) in [6, 6.07) is 6.65. The monoisotopic (exact) mass is 189 g/mol. The molecular formula is C13H19N. The van der Waals surface area contributed by atoms with E-state index in [9.17, 15) is 0 Å². The largest absolute Gasteiger partial charge is 0.330 e. The number of benzene rings is 1. The van der Waals surface area contributed by atoms with Crippen LogP contribution in [0.3, 0.4) is 0 Å². The van der Waals surface area contributed by atoms with Crippen molar-refractivity contribution in [2.45, 2.75) is 38.5 Å². The van der Waals surface area contributed by atoms with E-state index in [1.54, 1.807) is 5.56 Å². The van der Waals surface area contributed by atoms with Crippen molar-refractivity contribution in [1.29, 1.82) is 0 Å². The minimum atomic E-state index is 0.449. The zero-order valence-electron chi connectivity index (χ0n) is 9.14. The molecule has 0 radical (unpaired) electrons. The summed E-state index contributed by atoms with van der Waals surface area (Å²) in [5.74, 6) is 0. The van der Waals surface area contributed by atoms with Crippen LogP contribution in [0.2, 0.25) is 0 Å². The molecule has 0 amide bonds. The molecule has 1 nitrogen and oxygen atoms in total. The van der Waals surface area contributed by atoms with Gasteiger partial charge in [0.15, 0.2) is 0 Å². The Hall–Kier alpha value is -0.820. The highest BCUT2D eigenvalue weighted by atomic mass is 14.6. The van der Waals surface area contributed by atoms with Crippen molar-refractivity contribution < 1.29 is 0 Å². The normalized spacial score (nSPS) is 18.2. The molecule has 1 heteroatoms. The van der Waals surface area contributed by atoms with Crippen molar-refractivity contribution >= 4 is 0 Å². The van der Waals surface area contributed by atoms with Crippen molar-refractivity contribution in [2.24, 2.45) is 5.73 Å². The van der Waals surface area contributed by atoms with E-state index in [4.69, 9.17) is 5.73 Å². The molecule has 2 rings (SSSR count). The van der Waals surface area contributed by atoms with Gasteiger partial charge in [0.2, 0.25) is 0 Å². The van der Waals surface area contributed by atoms with Crippen LogP contribution in [0.25, 0.3) is 0 Å². The third-order valence-electron chi connectivity index (χ3n) is 3.65. The molecule has 0 heterocycles. The fraction of sp³-hybridized carbons (Fsp3) is 0.538. The zero-order chi connectivity index (χ0) is 10.2. The van der Waals surface area contributed by atoms with Crippen molar-refractivity contribution in [3.05, 3.63) is 34.9 Å². The Labute approximate surface area is 86.3 Å². The Kier molecular flexibility index (Phi) is 2.36. The second kappa shape index (κ2) is 3.39. The molecular weight excluding hydrogens is 170 g/mol. The van der Waals surface area contributed by atoms with Gasteiger partial charge in [-0.05, 0) is 61.8 Å². The maximum Gasteiger partial charge on any atom is -0.00316 e. The number of hydrogen-bond acceptors (Lipinski definition) is 1. The first-order chi connectivity index (χ1) is 6.69. The summed E-state index contributed by atoms with van der Waals surface area (Å²) in [5, 5.41) is 0. The zero-order valence-corrected chi connectivity index (χ0v) is 9.14. The molecule has 1 saturated carbocycles. The molecule has 0 aromatic heterocycles. The molecule has 0 spiro atoms. The van der Waals surface area contributed by atoms with Crippen LogP contribution in [0.1, 0.15) is 36.0 Å². The van der Waals surface area contributed by atoms with Crippen molar-refractivity contribution in [3.8, 4) is 0 Å². The first kappa shape index (κ1) is 9.72. The molecule has 2 N–H and O–H groups in total. The lowest BCUT2D eigenvalue weighted by atomic mass is 9.87. The van der Waals surface area contributed by atoms with E-state index in [0.29, 0.717) is 5.41 Å². The van der Waals surface area contributed by atoms with Crippen LogP contribution in [0.5, 0.6) is 0 Å². The van der Waals surface area contributed by atoms with E-state index < -0.39 is 0 Å². The standard InChI is InChI=1S/C13H19N/c1-10-4-3-5-12(11(10)2)13(6-7-13)8-9-14/h3-5H,6-9,14H2,1-2H3. The Morgan fingerprint density at radius 3 is 2.57 bits per heavy atom. The highest BCUT2D eigenvalue weighted by Gasteiger charge is 2.44. The Balaban J connectivity index is 2.37. The highest BCUT2D eigenvalue weighted by molar-refractivity contribution is 5.41. The smallest absolute Gasteiger partial charge is 0.00316 e. The van der Waals surface area contributed by atoms with Gasteiger partial charge in [0.25, 0.3) is 0 Å². The summed E-state index contributed by atoms with van der Waals surface area (Å²) < 4.78 is 0. The lowest BCUT2D eigenvalue weighted by molar-refractivity contribution is 0.625. The molecule has 1 aliphatic carbocycles. The highest BCUT2D eigenvalue weighted by Crippen LogP contribution is 2.51. The van der Waals surface area contributed by atoms with Gasteiger partial charge in [-0.2, -0.15) is 0 Å². The van der Waals surface area contributed by atoms with Crippen molar-refractivity contribution in [3.63, 3.8) is 0 Å². The first-order valence-corrected chi connectivity index (χ1v) is 5.46. The van der Waals surface area contributed by atoms with Crippen LogP contribution in [0, 0.1) is 13.8 Å². The molecule has 0 bridgehead atoms. The van der Waals surface area contributed by atoms with E-state index in [0.717, 1.165) is 13.0 Å². The average Bonchev–Trinajstić information content (AvgIpc) is 2.91. The third kappa shape index (κ3) is 1.46. The fourth-order valence-corrected chi connectivity index (χ4v) is 2.41. The topological polar surface area (TPSA) is 26.0 Å². The maximum absolute atomic E-state index is 5.68. The molecule has 1 aromatic carbocycles. The van der Waals surface area contributed by atoms with Crippen LogP contribution >= 0.6 is 0 Å². The summed E-state index contributed by atoms with van der Waals surface area (Å²) in [6.07, 6.45) is 3.81. The molecule has 76 valence electrons. The lowest BCUT2D eigenvalue weighted by Crippen LogP contribution is -2.15. The summed E-state index contributed by atoms with van der Waals surface area (Å²) in [4.78, 5) is 0. The maximum atomic E-state index is 5.68. The second-order valence-corrected chi connectivity index (χ2v) is 4.57. The first-order valence-electron chi connectivity index (χ1n) is 5.46. The van der Waals surface area contributed by atoms with Gasteiger partial charge in [0.05, 0.1) is 0 Å². The quantitative estimate of drug-likeness (QED) is 0.777. The van der Waals surface area contributed by atoms with Gasteiger partial charge < -0.3 is 5.73 Å². The Morgan fingerprint density at radius 1 is 1.29 bits per heavy atom. The van der Waals surface area contributed by atoms with E-state index in [2.05, 4.69) is 32.0 Å². The second-order valence-electron chi connectivity index (χ2n) is 4.57. The third-order valence-corrected chi connectivity index (χ3v) is 3.65. The van der Waals surface area contributed by atoms with Crippen molar-refractivity contribution in [2.75, 3.05) is 6.54 Å². The molecule has 1 aromatic rings. The molecule has 0 atom stereocenters. The van der Waals surface area contributed by atoms with Gasteiger partial charge in [-0.3, -0.25) is 0 Å². The van der Waals surface area contributed by atoms with Gasteiger partial charge >= 0.3 is 0 Å². The average molecular weight is 189 g/mol. The van der Waals surface area contributed by atoms with Gasteiger partial charge in [-0.1, -0.05) is 18.2 Å². The van der Waals surface area contributed by atoms with Crippen LogP contribution < -0.4 is 5.73 Å². The summed E-state index contributed by atoms with van der Waals surface area (Å²) in [6.45, 7) is 5.24. The predicted octanol–water partition coefficient (Wildman–Crippen LogP) is 2.68. The van der Waals surface area contributed by atoms with E-state index in [1.807, 2.05) is 0 Å². The van der Waals surface area contributed by atoms with Crippen LogP contribution in [-0.4, -0.2) is 6.54 Å². The number of hydrogen-bond donors (Lipinski definition) is 1. The number of aryl methyl sites for hydroxylation is 1. The molecule has 0 unspecified atom stereocenters. The Morgan fingerprint density at radius 2 is 2.00 bits per heavy atom. The van der Waals surface area contributed by atoms with Gasteiger partial charge in [-0.25, -0.2) is 0 Å². The van der Waals surface area contributed by atoms with Crippen LogP contribution in [0.15, 0.2) is 18.2 Å². The van der Waals surface area contributed by atoms with Crippen LogP contribution in [0.4, 0.5) is 0 Å². The minimum absolute atomic E-state index is 0.449. The van der Waals surface area contributed by atoms with Gasteiger partial charge in [-0.15, -0.1) is 0 Å². The predicted molar refractivity (Wildman–Crippen MR) is 60.5 cm³/mol. The summed E-state index contributed by atoms with van der Waals surface area (Å²) in [5.41, 5.74) is 10.6. The molecule has 0 saturated heterocycles. The summed E-state index contributed by atoms with van der Waals surface area (Å²) >= 11 is 0. The Bertz CT molecular complexity index is 337. The minimum Gasteiger partial charge on any atom is -0.330 e. The van der Waals surface area contributed by atoms with Gasteiger partial charge in [0.1, 0.15) is 0 Å². The SMILES string of the molecule is Cc1cccc(C2(CCN)CC2)c1C. The lowest BCUT2D eigenvalue weighted by Gasteiger charge is -2.18. The molecule has 1 aliphatic rings. The van der Waals surface area contributed by atoms with Crippen LogP contribution in [-0.2, 0) is 5.41 Å². The molecule has 0 aliphatic heterocycles. The van der Waals surface area contributed by atoms with E-state index >= 15 is 0 Å². The van der Waals surface area contributed by atoms with Crippen molar-refractivity contribution in [1.82, 2.24) is 0 Å². The fourth-order valence-electron chi connectivity index (χ4n) is 2.41. The van der Waals surface area contributed by atoms with E-state index in [-0.39, 0.29) is 0 Å². The number of nitrogens with two attached hydrogens (primary N) is 1. The molecule has 1 fully saturated rings. The number of rotatable bonds is 3. The molecule has 14 heavy (non-hydrogen) atoms.